The molecule has 0 aromatic heterocycles. The van der Waals surface area contributed by atoms with Gasteiger partial charge in [0.1, 0.15) is 5.78 Å². The lowest BCUT2D eigenvalue weighted by Crippen LogP contribution is -2.31. The number of rotatable bonds is 3. The van der Waals surface area contributed by atoms with Gasteiger partial charge < -0.3 is 10.1 Å². The van der Waals surface area contributed by atoms with Crippen molar-refractivity contribution in [3.63, 3.8) is 0 Å². The lowest BCUT2D eigenvalue weighted by Gasteiger charge is -2.27. The van der Waals surface area contributed by atoms with E-state index in [1.165, 1.54) is 0 Å². The molecule has 0 aromatic rings. The van der Waals surface area contributed by atoms with Crippen LogP contribution in [0.15, 0.2) is 11.8 Å². The van der Waals surface area contributed by atoms with E-state index in [1.54, 1.807) is 0 Å². The van der Waals surface area contributed by atoms with Crippen LogP contribution in [0, 0.1) is 5.41 Å². The first-order valence-corrected chi connectivity index (χ1v) is 6.14. The molecule has 1 atom stereocenters. The first-order chi connectivity index (χ1) is 7.55. The minimum absolute atomic E-state index is 0.00813. The molecule has 90 valence electrons. The Balaban J connectivity index is 1.88. The molecule has 1 heterocycles. The zero-order valence-corrected chi connectivity index (χ0v) is 10.2. The van der Waals surface area contributed by atoms with Crippen LogP contribution in [0.5, 0.6) is 0 Å². The van der Waals surface area contributed by atoms with Crippen LogP contribution in [0.4, 0.5) is 0 Å². The maximum absolute atomic E-state index is 11.6. The summed E-state index contributed by atoms with van der Waals surface area (Å²) < 4.78 is 5.55. The second kappa shape index (κ2) is 4.58. The lowest BCUT2D eigenvalue weighted by molar-refractivity contribution is -0.120. The zero-order valence-electron chi connectivity index (χ0n) is 10.2. The molecule has 0 saturated carbocycles. The number of ether oxygens (including phenoxy) is 1. The largest absolute Gasteiger partial charge is 0.386 e. The molecule has 1 unspecified atom stereocenters. The second-order valence-corrected chi connectivity index (χ2v) is 5.57. The Bertz CT molecular complexity index is 301. The first kappa shape index (κ1) is 11.6. The summed E-state index contributed by atoms with van der Waals surface area (Å²) in [4.78, 5) is 11.6. The summed E-state index contributed by atoms with van der Waals surface area (Å²) >= 11 is 0. The van der Waals surface area contributed by atoms with Gasteiger partial charge in [-0.25, -0.2) is 0 Å². The van der Waals surface area contributed by atoms with E-state index in [0.29, 0.717) is 24.7 Å². The van der Waals surface area contributed by atoms with Crippen molar-refractivity contribution in [2.24, 2.45) is 5.41 Å². The van der Waals surface area contributed by atoms with Gasteiger partial charge in [-0.3, -0.25) is 4.79 Å². The number of hydrogen-bond donors (Lipinski definition) is 1. The van der Waals surface area contributed by atoms with Crippen LogP contribution in [0.3, 0.4) is 0 Å². The molecule has 1 N–H and O–H groups in total. The van der Waals surface area contributed by atoms with Gasteiger partial charge in [0.2, 0.25) is 0 Å². The monoisotopic (exact) mass is 223 g/mol. The summed E-state index contributed by atoms with van der Waals surface area (Å²) in [7, 11) is 0. The van der Waals surface area contributed by atoms with Gasteiger partial charge in [-0.05, 0) is 18.3 Å². The van der Waals surface area contributed by atoms with Crippen LogP contribution in [0.1, 0.15) is 39.5 Å². The van der Waals surface area contributed by atoms with E-state index in [9.17, 15) is 4.79 Å². The lowest BCUT2D eigenvalue weighted by atomic mass is 9.81. The molecule has 16 heavy (non-hydrogen) atoms. The van der Waals surface area contributed by atoms with Gasteiger partial charge in [-0.15, -0.1) is 0 Å². The number of hydrogen-bond acceptors (Lipinski definition) is 3. The van der Waals surface area contributed by atoms with E-state index in [4.69, 9.17) is 4.74 Å². The van der Waals surface area contributed by atoms with Crippen LogP contribution >= 0.6 is 0 Å². The molecule has 3 heteroatoms. The Morgan fingerprint density at radius 1 is 1.56 bits per heavy atom. The molecular weight excluding hydrogens is 202 g/mol. The SMILES string of the molecule is CC1(C)C=C(NCC2CCCO2)CC(=O)C1. The summed E-state index contributed by atoms with van der Waals surface area (Å²) in [6.45, 7) is 5.95. The van der Waals surface area contributed by atoms with Crippen molar-refractivity contribution in [1.29, 1.82) is 0 Å². The third-order valence-electron chi connectivity index (χ3n) is 3.19. The van der Waals surface area contributed by atoms with Gasteiger partial charge in [-0.2, -0.15) is 0 Å². The Morgan fingerprint density at radius 3 is 3.00 bits per heavy atom. The van der Waals surface area contributed by atoms with Crippen molar-refractivity contribution in [2.75, 3.05) is 13.2 Å². The topological polar surface area (TPSA) is 38.3 Å². The molecular formula is C13H21NO2. The quantitative estimate of drug-likeness (QED) is 0.795. The molecule has 0 aromatic carbocycles. The average Bonchev–Trinajstić information content (AvgIpc) is 2.63. The fourth-order valence-corrected chi connectivity index (χ4v) is 2.52. The van der Waals surface area contributed by atoms with Crippen molar-refractivity contribution in [3.05, 3.63) is 11.8 Å². The number of carbonyl (C=O) groups is 1. The van der Waals surface area contributed by atoms with E-state index < -0.39 is 0 Å². The number of allylic oxidation sites excluding steroid dienone is 2. The predicted molar refractivity (Wildman–Crippen MR) is 63.1 cm³/mol. The molecule has 0 bridgehead atoms. The van der Waals surface area contributed by atoms with Gasteiger partial charge in [0.05, 0.1) is 6.10 Å². The van der Waals surface area contributed by atoms with Gasteiger partial charge in [0.15, 0.2) is 0 Å². The van der Waals surface area contributed by atoms with E-state index in [0.717, 1.165) is 31.7 Å². The summed E-state index contributed by atoms with van der Waals surface area (Å²) in [5.74, 6) is 0.336. The summed E-state index contributed by atoms with van der Waals surface area (Å²) in [6.07, 6.45) is 6.06. The molecule has 1 fully saturated rings. The van der Waals surface area contributed by atoms with Crippen LogP contribution in [-0.4, -0.2) is 25.0 Å². The maximum atomic E-state index is 11.6. The molecule has 3 nitrogen and oxygen atoms in total. The van der Waals surface area contributed by atoms with Crippen molar-refractivity contribution in [1.82, 2.24) is 5.32 Å². The molecule has 2 aliphatic rings. The highest BCUT2D eigenvalue weighted by Gasteiger charge is 2.26. The molecule has 0 spiro atoms. The predicted octanol–water partition coefficient (Wildman–Crippen LogP) is 2.03. The molecule has 2 rings (SSSR count). The third kappa shape index (κ3) is 3.08. The fourth-order valence-electron chi connectivity index (χ4n) is 2.52. The maximum Gasteiger partial charge on any atom is 0.139 e. The number of nitrogens with one attached hydrogen (secondary N) is 1. The molecule has 1 saturated heterocycles. The molecule has 0 amide bonds. The van der Waals surface area contributed by atoms with Crippen LogP contribution in [0.2, 0.25) is 0 Å². The summed E-state index contributed by atoms with van der Waals surface area (Å²) in [5.41, 5.74) is 1.09. The van der Waals surface area contributed by atoms with Crippen LogP contribution in [0.25, 0.3) is 0 Å². The first-order valence-electron chi connectivity index (χ1n) is 6.14. The number of ketones is 1. The summed E-state index contributed by atoms with van der Waals surface area (Å²) in [6, 6.07) is 0. The van der Waals surface area contributed by atoms with Crippen LogP contribution < -0.4 is 5.32 Å². The van der Waals surface area contributed by atoms with Crippen molar-refractivity contribution in [3.8, 4) is 0 Å². The minimum atomic E-state index is 0.00813. The highest BCUT2D eigenvalue weighted by Crippen LogP contribution is 2.30. The fraction of sp³-hybridized carbons (Fsp3) is 0.769. The smallest absolute Gasteiger partial charge is 0.139 e. The van der Waals surface area contributed by atoms with Gasteiger partial charge in [0.25, 0.3) is 0 Å². The van der Waals surface area contributed by atoms with Crippen LogP contribution in [-0.2, 0) is 9.53 Å². The van der Waals surface area contributed by atoms with Crippen molar-refractivity contribution < 1.29 is 9.53 Å². The Morgan fingerprint density at radius 2 is 2.38 bits per heavy atom. The van der Waals surface area contributed by atoms with E-state index in [-0.39, 0.29) is 5.41 Å². The van der Waals surface area contributed by atoms with E-state index >= 15 is 0 Å². The molecule has 0 radical (unpaired) electrons. The minimum Gasteiger partial charge on any atom is -0.386 e. The highest BCUT2D eigenvalue weighted by molar-refractivity contribution is 5.83. The van der Waals surface area contributed by atoms with Crippen molar-refractivity contribution in [2.45, 2.75) is 45.6 Å². The Hall–Kier alpha value is -0.830. The highest BCUT2D eigenvalue weighted by atomic mass is 16.5. The third-order valence-corrected chi connectivity index (χ3v) is 3.19. The number of carbonyl (C=O) groups excluding carboxylic acids is 1. The Labute approximate surface area is 97.2 Å². The van der Waals surface area contributed by atoms with Gasteiger partial charge in [0, 0.05) is 31.7 Å². The molecule has 1 aliphatic carbocycles. The standard InChI is InChI=1S/C13H21NO2/c1-13(2)7-10(6-11(15)8-13)14-9-12-4-3-5-16-12/h7,12,14H,3-6,8-9H2,1-2H3. The summed E-state index contributed by atoms with van der Waals surface area (Å²) in [5, 5.41) is 3.36. The second-order valence-electron chi connectivity index (χ2n) is 5.57. The van der Waals surface area contributed by atoms with Crippen molar-refractivity contribution >= 4 is 5.78 Å². The van der Waals surface area contributed by atoms with Gasteiger partial charge >= 0.3 is 0 Å². The number of Topliss-reactive ketones (excluding diaryl/α,β-unsaturated/α-hetero) is 1. The molecule has 1 aliphatic heterocycles. The van der Waals surface area contributed by atoms with E-state index in [1.807, 2.05) is 0 Å². The van der Waals surface area contributed by atoms with E-state index in [2.05, 4.69) is 25.2 Å². The Kier molecular flexibility index (Phi) is 3.33. The average molecular weight is 223 g/mol. The van der Waals surface area contributed by atoms with Gasteiger partial charge in [-0.1, -0.05) is 19.9 Å². The normalized spacial score (nSPS) is 29.0. The zero-order chi connectivity index (χ0) is 11.6.